The standard InChI is InChI=1S/C26H32N6O5/c1-26(2,3)14-16-8-6-10-17-22(16)31-21(28-17)15-32-13-7-11-19(24(32)35)29-23(34)18(30-25(36)37)9-4-5-12-20(27)33/h5-8,10-13,18,30H,4,9,14-15H2,1-3H3,(H2,27,33)(H,28,31)(H,29,34)(H,36,37)/b12-5+. The van der Waals surface area contributed by atoms with Gasteiger partial charge < -0.3 is 31.0 Å². The molecule has 11 nitrogen and oxygen atoms in total. The minimum atomic E-state index is -1.39. The first-order chi connectivity index (χ1) is 17.4. The van der Waals surface area contributed by atoms with Crippen molar-refractivity contribution in [2.24, 2.45) is 11.1 Å². The fourth-order valence-corrected chi connectivity index (χ4v) is 3.95. The molecule has 0 bridgehead atoms. The Morgan fingerprint density at radius 2 is 1.97 bits per heavy atom. The van der Waals surface area contributed by atoms with E-state index in [-0.39, 0.29) is 30.5 Å². The van der Waals surface area contributed by atoms with Crippen molar-refractivity contribution in [3.63, 3.8) is 0 Å². The number of aromatic nitrogens is 3. The number of hydrogen-bond acceptors (Lipinski definition) is 5. The molecule has 0 saturated heterocycles. The van der Waals surface area contributed by atoms with Gasteiger partial charge in [-0.2, -0.15) is 0 Å². The Kier molecular flexibility index (Phi) is 8.49. The van der Waals surface area contributed by atoms with Gasteiger partial charge in [-0.15, -0.1) is 0 Å². The molecule has 0 saturated carbocycles. The number of carbonyl (C=O) groups excluding carboxylic acids is 2. The fourth-order valence-electron chi connectivity index (χ4n) is 3.95. The molecule has 0 spiro atoms. The van der Waals surface area contributed by atoms with Crippen LogP contribution in [0.25, 0.3) is 11.0 Å². The van der Waals surface area contributed by atoms with E-state index in [1.807, 2.05) is 18.2 Å². The summed E-state index contributed by atoms with van der Waals surface area (Å²) in [7, 11) is 0. The predicted octanol–water partition coefficient (Wildman–Crippen LogP) is 2.76. The normalized spacial score (nSPS) is 12.5. The molecule has 0 radical (unpaired) electrons. The lowest BCUT2D eigenvalue weighted by Crippen LogP contribution is -2.44. The number of rotatable bonds is 10. The summed E-state index contributed by atoms with van der Waals surface area (Å²) >= 11 is 0. The molecule has 2 aromatic heterocycles. The van der Waals surface area contributed by atoms with Crippen LogP contribution in [0.4, 0.5) is 10.5 Å². The van der Waals surface area contributed by atoms with Gasteiger partial charge in [0.05, 0.1) is 17.6 Å². The highest BCUT2D eigenvalue weighted by Crippen LogP contribution is 2.25. The summed E-state index contributed by atoms with van der Waals surface area (Å²) in [5, 5.41) is 13.7. The minimum Gasteiger partial charge on any atom is -0.465 e. The van der Waals surface area contributed by atoms with E-state index in [0.29, 0.717) is 5.82 Å². The molecule has 37 heavy (non-hydrogen) atoms. The van der Waals surface area contributed by atoms with E-state index in [1.54, 1.807) is 12.3 Å². The van der Waals surface area contributed by atoms with Crippen molar-refractivity contribution in [2.75, 3.05) is 5.32 Å². The summed E-state index contributed by atoms with van der Waals surface area (Å²) in [6.07, 6.45) is 3.92. The van der Waals surface area contributed by atoms with Gasteiger partial charge in [-0.1, -0.05) is 39.0 Å². The Morgan fingerprint density at radius 3 is 2.65 bits per heavy atom. The van der Waals surface area contributed by atoms with Gasteiger partial charge in [-0.05, 0) is 54.5 Å². The first-order valence-corrected chi connectivity index (χ1v) is 11.8. The Morgan fingerprint density at radius 1 is 1.22 bits per heavy atom. The number of nitrogens with one attached hydrogen (secondary N) is 3. The first kappa shape index (κ1) is 27.2. The molecular weight excluding hydrogens is 476 g/mol. The Labute approximate surface area is 213 Å². The van der Waals surface area contributed by atoms with Gasteiger partial charge in [-0.3, -0.25) is 14.4 Å². The molecule has 3 amide bonds. The number of nitrogens with two attached hydrogens (primary N) is 1. The SMILES string of the molecule is CC(C)(C)Cc1cccc2[nH]c(Cn3cccc(NC(=O)C(CC/C=C/C(N)=O)NC(=O)O)c3=O)nc12. The molecular formula is C26H32N6O5. The van der Waals surface area contributed by atoms with E-state index in [0.717, 1.165) is 29.1 Å². The van der Waals surface area contributed by atoms with Gasteiger partial charge in [0.15, 0.2) is 0 Å². The first-order valence-electron chi connectivity index (χ1n) is 11.8. The van der Waals surface area contributed by atoms with Crippen LogP contribution in [0, 0.1) is 5.41 Å². The topological polar surface area (TPSA) is 172 Å². The number of aromatic amines is 1. The number of primary amides is 1. The number of carboxylic acid groups (broad SMARTS) is 1. The van der Waals surface area contributed by atoms with Crippen LogP contribution < -0.4 is 21.9 Å². The third kappa shape index (κ3) is 7.79. The highest BCUT2D eigenvalue weighted by atomic mass is 16.4. The fraction of sp³-hybridized carbons (Fsp3) is 0.346. The monoisotopic (exact) mass is 508 g/mol. The van der Waals surface area contributed by atoms with E-state index in [4.69, 9.17) is 15.8 Å². The van der Waals surface area contributed by atoms with Crippen LogP contribution in [-0.4, -0.2) is 43.6 Å². The van der Waals surface area contributed by atoms with Gasteiger partial charge in [0, 0.05) is 6.20 Å². The van der Waals surface area contributed by atoms with Crippen LogP contribution in [0.2, 0.25) is 0 Å². The molecule has 11 heteroatoms. The summed E-state index contributed by atoms with van der Waals surface area (Å²) in [4.78, 5) is 55.8. The zero-order valence-electron chi connectivity index (χ0n) is 21.1. The lowest BCUT2D eigenvalue weighted by Gasteiger charge is -2.18. The number of benzene rings is 1. The second-order valence-corrected chi connectivity index (χ2v) is 9.96. The number of amides is 3. The number of anilines is 1. The van der Waals surface area contributed by atoms with Crippen LogP contribution in [-0.2, 0) is 22.6 Å². The molecule has 0 aliphatic rings. The number of fused-ring (bicyclic) bond motifs is 1. The highest BCUT2D eigenvalue weighted by molar-refractivity contribution is 5.96. The summed E-state index contributed by atoms with van der Waals surface area (Å²) in [5.74, 6) is -0.749. The number of H-pyrrole nitrogens is 1. The summed E-state index contributed by atoms with van der Waals surface area (Å²) in [6, 6.07) is 7.87. The van der Waals surface area contributed by atoms with Crippen molar-refractivity contribution in [3.8, 4) is 0 Å². The zero-order chi connectivity index (χ0) is 27.2. The molecule has 0 fully saturated rings. The second kappa shape index (κ2) is 11.5. The van der Waals surface area contributed by atoms with Crippen LogP contribution in [0.15, 0.2) is 53.5 Å². The molecule has 3 rings (SSSR count). The van der Waals surface area contributed by atoms with Crippen LogP contribution in [0.3, 0.4) is 0 Å². The maximum atomic E-state index is 13.1. The molecule has 2 heterocycles. The quantitative estimate of drug-likeness (QED) is 0.263. The van der Waals surface area contributed by atoms with E-state index in [1.165, 1.54) is 16.7 Å². The number of hydrogen-bond donors (Lipinski definition) is 5. The van der Waals surface area contributed by atoms with Crippen molar-refractivity contribution in [3.05, 3.63) is 70.4 Å². The second-order valence-electron chi connectivity index (χ2n) is 9.96. The Balaban J connectivity index is 1.78. The molecule has 6 N–H and O–H groups in total. The smallest absolute Gasteiger partial charge is 0.405 e. The largest absolute Gasteiger partial charge is 0.465 e. The third-order valence-corrected chi connectivity index (χ3v) is 5.48. The number of imidazole rings is 1. The van der Waals surface area contributed by atoms with E-state index in [2.05, 4.69) is 36.4 Å². The average Bonchev–Trinajstić information content (AvgIpc) is 3.21. The lowest BCUT2D eigenvalue weighted by molar-refractivity contribution is -0.118. The number of carbonyl (C=O) groups is 3. The molecule has 1 unspecified atom stereocenters. The molecule has 3 aromatic rings. The van der Waals surface area contributed by atoms with Gasteiger partial charge in [0.25, 0.3) is 5.56 Å². The molecule has 0 aliphatic carbocycles. The molecule has 1 aromatic carbocycles. The van der Waals surface area contributed by atoms with Gasteiger partial charge in [0.2, 0.25) is 11.8 Å². The number of pyridine rings is 1. The third-order valence-electron chi connectivity index (χ3n) is 5.48. The average molecular weight is 509 g/mol. The van der Waals surface area contributed by atoms with Crippen LogP contribution >= 0.6 is 0 Å². The molecule has 1 atom stereocenters. The lowest BCUT2D eigenvalue weighted by atomic mass is 9.88. The van der Waals surface area contributed by atoms with E-state index >= 15 is 0 Å². The van der Waals surface area contributed by atoms with Crippen molar-refractivity contribution in [1.29, 1.82) is 0 Å². The summed E-state index contributed by atoms with van der Waals surface area (Å²) < 4.78 is 1.41. The zero-order valence-corrected chi connectivity index (χ0v) is 21.1. The summed E-state index contributed by atoms with van der Waals surface area (Å²) in [5.41, 5.74) is 7.51. The number of para-hydroxylation sites is 1. The number of nitrogens with zero attached hydrogens (tertiary/aromatic N) is 2. The van der Waals surface area contributed by atoms with E-state index < -0.39 is 29.5 Å². The van der Waals surface area contributed by atoms with Gasteiger partial charge >= 0.3 is 6.09 Å². The Hall–Kier alpha value is -4.41. The van der Waals surface area contributed by atoms with Crippen molar-refractivity contribution >= 4 is 34.6 Å². The summed E-state index contributed by atoms with van der Waals surface area (Å²) in [6.45, 7) is 6.63. The predicted molar refractivity (Wildman–Crippen MR) is 140 cm³/mol. The number of allylic oxidation sites excluding steroid dienone is 1. The maximum Gasteiger partial charge on any atom is 0.405 e. The maximum absolute atomic E-state index is 13.1. The minimum absolute atomic E-state index is 0.00176. The molecule has 0 aliphatic heterocycles. The van der Waals surface area contributed by atoms with Crippen molar-refractivity contribution in [1.82, 2.24) is 19.9 Å². The highest BCUT2D eigenvalue weighted by Gasteiger charge is 2.21. The van der Waals surface area contributed by atoms with E-state index in [9.17, 15) is 19.2 Å². The van der Waals surface area contributed by atoms with Crippen LogP contribution in [0.5, 0.6) is 0 Å². The van der Waals surface area contributed by atoms with Crippen molar-refractivity contribution in [2.45, 2.75) is 52.6 Å². The van der Waals surface area contributed by atoms with Crippen LogP contribution in [0.1, 0.15) is 45.0 Å². The van der Waals surface area contributed by atoms with Gasteiger partial charge in [0.1, 0.15) is 17.6 Å². The van der Waals surface area contributed by atoms with Crippen molar-refractivity contribution < 1.29 is 19.5 Å². The Bertz CT molecular complexity index is 1380. The molecule has 196 valence electrons. The van der Waals surface area contributed by atoms with Gasteiger partial charge in [-0.25, -0.2) is 9.78 Å².